The van der Waals surface area contributed by atoms with E-state index in [0.29, 0.717) is 12.2 Å². The molecule has 0 fully saturated rings. The van der Waals surface area contributed by atoms with Crippen molar-refractivity contribution in [2.75, 3.05) is 20.2 Å². The van der Waals surface area contributed by atoms with E-state index in [1.54, 1.807) is 31.9 Å². The number of carbonyl (C=O) groups is 3. The highest BCUT2D eigenvalue weighted by Crippen LogP contribution is 2.32. The molecule has 6 heteroatoms. The molecule has 0 aliphatic heterocycles. The molecule has 0 heterocycles. The van der Waals surface area contributed by atoms with Crippen molar-refractivity contribution in [3.63, 3.8) is 0 Å². The lowest BCUT2D eigenvalue weighted by molar-refractivity contribution is -0.138. The summed E-state index contributed by atoms with van der Waals surface area (Å²) >= 11 is 0. The van der Waals surface area contributed by atoms with Crippen molar-refractivity contribution < 1.29 is 19.1 Å². The summed E-state index contributed by atoms with van der Waals surface area (Å²) in [6.45, 7) is 18.1. The minimum Gasteiger partial charge on any atom is -0.463 e. The topological polar surface area (TPSA) is 75.7 Å². The normalized spacial score (nSPS) is 12.5. The SMILES string of the molecule is CCC.CCCCC(CC)(CC)C(=O)NCC(=O)N(C)[C@H](/C=C(\C)C(=O)OCC)C(C)C. The number of ether oxygens (including phenoxy) is 1. The monoisotopic (exact) mass is 454 g/mol. The van der Waals surface area contributed by atoms with Gasteiger partial charge in [-0.05, 0) is 39.0 Å². The lowest BCUT2D eigenvalue weighted by Crippen LogP contribution is -2.48. The quantitative estimate of drug-likeness (QED) is 0.294. The number of esters is 1. The van der Waals surface area contributed by atoms with Crippen LogP contribution in [0.25, 0.3) is 0 Å². The predicted octanol–water partition coefficient (Wildman–Crippen LogP) is 5.51. The van der Waals surface area contributed by atoms with Crippen LogP contribution in [0.1, 0.15) is 101 Å². The summed E-state index contributed by atoms with van der Waals surface area (Å²) < 4.78 is 5.03. The van der Waals surface area contributed by atoms with Gasteiger partial charge in [0.2, 0.25) is 11.8 Å². The molecule has 32 heavy (non-hydrogen) atoms. The maximum Gasteiger partial charge on any atom is 0.333 e. The fraction of sp³-hybridized carbons (Fsp3) is 0.808. The summed E-state index contributed by atoms with van der Waals surface area (Å²) in [6, 6.07) is -0.258. The average Bonchev–Trinajstić information content (AvgIpc) is 2.76. The molecule has 0 saturated carbocycles. The second kappa shape index (κ2) is 17.7. The molecule has 0 aliphatic rings. The summed E-state index contributed by atoms with van der Waals surface area (Å²) in [4.78, 5) is 39.1. The van der Waals surface area contributed by atoms with Gasteiger partial charge in [-0.25, -0.2) is 4.79 Å². The first-order chi connectivity index (χ1) is 15.0. The van der Waals surface area contributed by atoms with Gasteiger partial charge < -0.3 is 15.0 Å². The summed E-state index contributed by atoms with van der Waals surface area (Å²) in [5, 5.41) is 2.86. The Morgan fingerprint density at radius 3 is 1.97 bits per heavy atom. The van der Waals surface area contributed by atoms with E-state index in [9.17, 15) is 14.4 Å². The van der Waals surface area contributed by atoms with Crippen LogP contribution in [0.3, 0.4) is 0 Å². The molecule has 0 aromatic rings. The van der Waals surface area contributed by atoms with Crippen LogP contribution in [0.2, 0.25) is 0 Å². The summed E-state index contributed by atoms with van der Waals surface area (Å²) in [5.41, 5.74) is 0.0666. The summed E-state index contributed by atoms with van der Waals surface area (Å²) in [6.07, 6.45) is 7.41. The molecular weight excluding hydrogens is 404 g/mol. The van der Waals surface area contributed by atoms with Gasteiger partial charge in [-0.3, -0.25) is 9.59 Å². The van der Waals surface area contributed by atoms with Crippen LogP contribution in [0, 0.1) is 11.3 Å². The minimum absolute atomic E-state index is 0.0429. The van der Waals surface area contributed by atoms with E-state index in [2.05, 4.69) is 26.1 Å². The van der Waals surface area contributed by atoms with E-state index in [1.807, 2.05) is 27.7 Å². The molecule has 0 radical (unpaired) electrons. The van der Waals surface area contributed by atoms with Gasteiger partial charge in [0, 0.05) is 18.0 Å². The van der Waals surface area contributed by atoms with E-state index in [1.165, 1.54) is 6.42 Å². The standard InChI is InChI=1S/C23H42N2O4.C3H8/c1-9-13-14-23(10-2,11-3)22(28)24-16-20(26)25(8)19(17(5)6)15-18(7)21(27)29-12-4;1-3-2/h15,17,19H,9-14,16H2,1-8H3,(H,24,28);3H2,1-2H3/b18-15+;/t19-;/m1./s1. The van der Waals surface area contributed by atoms with Crippen molar-refractivity contribution in [1.29, 1.82) is 0 Å². The van der Waals surface area contributed by atoms with Crippen LogP contribution in [-0.4, -0.2) is 48.9 Å². The third-order valence-corrected chi connectivity index (χ3v) is 5.79. The molecule has 2 amide bonds. The van der Waals surface area contributed by atoms with Crippen molar-refractivity contribution in [3.8, 4) is 0 Å². The van der Waals surface area contributed by atoms with E-state index >= 15 is 0 Å². The van der Waals surface area contributed by atoms with Crippen molar-refractivity contribution in [2.45, 2.75) is 107 Å². The zero-order valence-electron chi connectivity index (χ0n) is 22.5. The first-order valence-corrected chi connectivity index (χ1v) is 12.4. The Balaban J connectivity index is 0. The Labute approximate surface area is 197 Å². The van der Waals surface area contributed by atoms with Crippen LogP contribution in [-0.2, 0) is 19.1 Å². The molecule has 0 aromatic carbocycles. The van der Waals surface area contributed by atoms with Gasteiger partial charge >= 0.3 is 5.97 Å². The van der Waals surface area contributed by atoms with E-state index < -0.39 is 5.41 Å². The van der Waals surface area contributed by atoms with Crippen LogP contribution in [0.15, 0.2) is 11.6 Å². The van der Waals surface area contributed by atoms with Crippen molar-refractivity contribution in [1.82, 2.24) is 10.2 Å². The van der Waals surface area contributed by atoms with E-state index in [4.69, 9.17) is 4.74 Å². The minimum atomic E-state index is -0.410. The molecule has 6 nitrogen and oxygen atoms in total. The number of nitrogens with zero attached hydrogens (tertiary/aromatic N) is 1. The Kier molecular flexibility index (Phi) is 17.9. The average molecular weight is 455 g/mol. The molecule has 0 spiro atoms. The first kappa shape index (κ1) is 32.3. The number of nitrogens with one attached hydrogen (secondary N) is 1. The second-order valence-electron chi connectivity index (χ2n) is 8.79. The Morgan fingerprint density at radius 2 is 1.56 bits per heavy atom. The number of likely N-dealkylation sites (N-methyl/N-ethyl adjacent to an activating group) is 1. The van der Waals surface area contributed by atoms with Crippen LogP contribution < -0.4 is 5.32 Å². The highest BCUT2D eigenvalue weighted by molar-refractivity contribution is 5.89. The highest BCUT2D eigenvalue weighted by Gasteiger charge is 2.34. The van der Waals surface area contributed by atoms with Crippen molar-refractivity contribution >= 4 is 17.8 Å². The predicted molar refractivity (Wildman–Crippen MR) is 133 cm³/mol. The Hall–Kier alpha value is -1.85. The van der Waals surface area contributed by atoms with Crippen LogP contribution in [0.4, 0.5) is 0 Å². The number of amides is 2. The third kappa shape index (κ3) is 11.1. The summed E-state index contributed by atoms with van der Waals surface area (Å²) in [5.74, 6) is -0.489. The zero-order chi connectivity index (χ0) is 25.3. The van der Waals surface area contributed by atoms with Gasteiger partial charge in [-0.1, -0.05) is 73.8 Å². The number of unbranched alkanes of at least 4 members (excludes halogenated alkanes) is 1. The van der Waals surface area contributed by atoms with Gasteiger partial charge in [-0.2, -0.15) is 0 Å². The molecule has 1 atom stereocenters. The van der Waals surface area contributed by atoms with Gasteiger partial charge in [0.1, 0.15) is 0 Å². The molecule has 0 bridgehead atoms. The van der Waals surface area contributed by atoms with Gasteiger partial charge in [0.25, 0.3) is 0 Å². The summed E-state index contributed by atoms with van der Waals surface area (Å²) in [7, 11) is 1.71. The molecule has 0 rings (SSSR count). The van der Waals surface area contributed by atoms with E-state index in [-0.39, 0.29) is 36.3 Å². The van der Waals surface area contributed by atoms with Gasteiger partial charge in [-0.15, -0.1) is 0 Å². The lowest BCUT2D eigenvalue weighted by Gasteiger charge is -2.32. The Morgan fingerprint density at radius 1 is 1.03 bits per heavy atom. The van der Waals surface area contributed by atoms with E-state index in [0.717, 1.165) is 32.1 Å². The van der Waals surface area contributed by atoms with Crippen LogP contribution in [0.5, 0.6) is 0 Å². The third-order valence-electron chi connectivity index (χ3n) is 5.79. The molecule has 188 valence electrons. The fourth-order valence-corrected chi connectivity index (χ4v) is 3.51. The maximum absolute atomic E-state index is 12.8. The molecule has 0 aromatic heterocycles. The lowest BCUT2D eigenvalue weighted by atomic mass is 9.77. The van der Waals surface area contributed by atoms with Gasteiger partial charge in [0.15, 0.2) is 0 Å². The Bertz CT molecular complexity index is 580. The fourth-order valence-electron chi connectivity index (χ4n) is 3.51. The second-order valence-corrected chi connectivity index (χ2v) is 8.79. The molecule has 0 aliphatic carbocycles. The van der Waals surface area contributed by atoms with Gasteiger partial charge in [0.05, 0.1) is 19.2 Å². The maximum atomic E-state index is 12.8. The number of carbonyl (C=O) groups excluding carboxylic acids is 3. The first-order valence-electron chi connectivity index (χ1n) is 12.4. The number of hydrogen-bond acceptors (Lipinski definition) is 4. The molecule has 0 unspecified atom stereocenters. The molecule has 1 N–H and O–H groups in total. The number of hydrogen-bond donors (Lipinski definition) is 1. The highest BCUT2D eigenvalue weighted by atomic mass is 16.5. The van der Waals surface area contributed by atoms with Crippen molar-refractivity contribution in [3.05, 3.63) is 11.6 Å². The van der Waals surface area contributed by atoms with Crippen LogP contribution >= 0.6 is 0 Å². The van der Waals surface area contributed by atoms with Crippen molar-refractivity contribution in [2.24, 2.45) is 11.3 Å². The smallest absolute Gasteiger partial charge is 0.333 e. The molecular formula is C26H50N2O4. The molecule has 0 saturated heterocycles. The largest absolute Gasteiger partial charge is 0.463 e. The zero-order valence-corrected chi connectivity index (χ0v) is 22.5. The number of rotatable bonds is 13.